The zero-order chi connectivity index (χ0) is 17.1. The Hall–Kier alpha value is -1.43. The number of benzene rings is 1. The van der Waals surface area contributed by atoms with Crippen molar-refractivity contribution in [3.63, 3.8) is 0 Å². The molecule has 2 rings (SSSR count). The van der Waals surface area contributed by atoms with Gasteiger partial charge < -0.3 is 10.1 Å². The maximum atomic E-state index is 12.4. The van der Waals surface area contributed by atoms with Gasteiger partial charge in [-0.25, -0.2) is 9.59 Å². The van der Waals surface area contributed by atoms with Crippen molar-refractivity contribution in [3.05, 3.63) is 45.1 Å². The van der Waals surface area contributed by atoms with E-state index in [0.717, 1.165) is 0 Å². The molecule has 124 valence electrons. The van der Waals surface area contributed by atoms with Gasteiger partial charge in [-0.3, -0.25) is 4.90 Å². The lowest BCUT2D eigenvalue weighted by atomic mass is 9.95. The van der Waals surface area contributed by atoms with Gasteiger partial charge in [-0.15, -0.1) is 11.6 Å². The van der Waals surface area contributed by atoms with Crippen LogP contribution in [0.15, 0.2) is 29.5 Å². The highest BCUT2D eigenvalue weighted by molar-refractivity contribution is 6.42. The Morgan fingerprint density at radius 2 is 2.09 bits per heavy atom. The summed E-state index contributed by atoms with van der Waals surface area (Å²) in [6, 6.07) is 3.83. The lowest BCUT2D eigenvalue weighted by Crippen LogP contribution is -2.47. The normalized spacial score (nSPS) is 18.0. The first-order valence-electron chi connectivity index (χ1n) is 6.86. The fourth-order valence-electron chi connectivity index (χ4n) is 2.35. The minimum atomic E-state index is -0.780. The summed E-state index contributed by atoms with van der Waals surface area (Å²) in [5.74, 6) is -0.580. The highest BCUT2D eigenvalue weighted by Gasteiger charge is 2.37. The number of hydrogen-bond acceptors (Lipinski definition) is 3. The van der Waals surface area contributed by atoms with Gasteiger partial charge >= 0.3 is 12.0 Å². The monoisotopic (exact) mass is 376 g/mol. The van der Waals surface area contributed by atoms with E-state index in [2.05, 4.69) is 5.32 Å². The Morgan fingerprint density at radius 3 is 2.70 bits per heavy atom. The second-order valence-electron chi connectivity index (χ2n) is 4.80. The third-order valence-corrected chi connectivity index (χ3v) is 4.58. The number of urea groups is 1. The maximum absolute atomic E-state index is 12.4. The van der Waals surface area contributed by atoms with E-state index in [1.165, 1.54) is 11.9 Å². The van der Waals surface area contributed by atoms with E-state index >= 15 is 0 Å². The molecule has 1 N–H and O–H groups in total. The molecule has 1 aliphatic rings. The number of nitrogens with zero attached hydrogens (tertiary/aromatic N) is 1. The summed E-state index contributed by atoms with van der Waals surface area (Å²) in [6.45, 7) is 1.90. The minimum Gasteiger partial charge on any atom is -0.463 e. The van der Waals surface area contributed by atoms with Crippen LogP contribution < -0.4 is 5.32 Å². The van der Waals surface area contributed by atoms with Crippen LogP contribution in [-0.4, -0.2) is 36.4 Å². The molecule has 5 nitrogen and oxygen atoms in total. The summed E-state index contributed by atoms with van der Waals surface area (Å²) < 4.78 is 5.11. The van der Waals surface area contributed by atoms with Crippen LogP contribution >= 0.6 is 34.8 Å². The number of hydrogen-bond donors (Lipinski definition) is 1. The van der Waals surface area contributed by atoms with Gasteiger partial charge in [0.2, 0.25) is 0 Å². The third kappa shape index (κ3) is 3.42. The Morgan fingerprint density at radius 1 is 1.39 bits per heavy atom. The molecular formula is C15H15Cl3N2O3. The predicted octanol–water partition coefficient (Wildman–Crippen LogP) is 3.75. The number of rotatable bonds is 4. The number of esters is 1. The molecule has 0 saturated heterocycles. The van der Waals surface area contributed by atoms with Crippen LogP contribution in [0.5, 0.6) is 0 Å². The largest absolute Gasteiger partial charge is 0.463 e. The van der Waals surface area contributed by atoms with Gasteiger partial charge in [0.15, 0.2) is 0 Å². The van der Waals surface area contributed by atoms with Gasteiger partial charge in [0.25, 0.3) is 0 Å². The van der Waals surface area contributed by atoms with Crippen molar-refractivity contribution in [2.24, 2.45) is 0 Å². The standard InChI is InChI=1S/C15H15Cl3N2O3/c1-3-23-14(21)11-10(7-16)20(2)15(22)19-13(11)8-5-4-6-9(17)12(8)18/h4-6,13H,3,7H2,1-2H3,(H,19,22). The summed E-state index contributed by atoms with van der Waals surface area (Å²) in [5.41, 5.74) is 1.12. The van der Waals surface area contributed by atoms with Gasteiger partial charge in [0.05, 0.1) is 34.1 Å². The Balaban J connectivity index is 2.63. The zero-order valence-corrected chi connectivity index (χ0v) is 14.8. The number of nitrogens with one attached hydrogen (secondary N) is 1. The van der Waals surface area contributed by atoms with Crippen molar-refractivity contribution in [1.29, 1.82) is 0 Å². The summed E-state index contributed by atoms with van der Waals surface area (Å²) in [7, 11) is 1.53. The number of alkyl halides is 1. The average molecular weight is 378 g/mol. The molecular weight excluding hydrogens is 363 g/mol. The fourth-order valence-corrected chi connectivity index (χ4v) is 3.09. The topological polar surface area (TPSA) is 58.6 Å². The molecule has 2 amide bonds. The summed E-state index contributed by atoms with van der Waals surface area (Å²) in [5, 5.41) is 3.32. The number of halogens is 3. The molecule has 0 aromatic heterocycles. The number of carbonyl (C=O) groups is 2. The van der Waals surface area contributed by atoms with Crippen LogP contribution in [0, 0.1) is 0 Å². The Labute approximate surface area is 149 Å². The second kappa shape index (κ2) is 7.43. The molecule has 1 aliphatic heterocycles. The van der Waals surface area contributed by atoms with Gasteiger partial charge in [0, 0.05) is 12.7 Å². The Bertz CT molecular complexity index is 676. The molecule has 0 spiro atoms. The molecule has 0 saturated carbocycles. The van der Waals surface area contributed by atoms with Crippen molar-refractivity contribution >= 4 is 46.8 Å². The van der Waals surface area contributed by atoms with E-state index < -0.39 is 18.0 Å². The van der Waals surface area contributed by atoms with Crippen molar-refractivity contribution in [2.75, 3.05) is 19.5 Å². The summed E-state index contributed by atoms with van der Waals surface area (Å²) in [4.78, 5) is 25.9. The van der Waals surface area contributed by atoms with Gasteiger partial charge in [-0.05, 0) is 18.6 Å². The number of carbonyl (C=O) groups excluding carboxylic acids is 2. The molecule has 8 heteroatoms. The van der Waals surface area contributed by atoms with Crippen molar-refractivity contribution in [3.8, 4) is 0 Å². The van der Waals surface area contributed by atoms with Crippen LogP contribution in [-0.2, 0) is 9.53 Å². The van der Waals surface area contributed by atoms with Gasteiger partial charge in [-0.2, -0.15) is 0 Å². The molecule has 1 aromatic carbocycles. The van der Waals surface area contributed by atoms with Crippen molar-refractivity contribution in [1.82, 2.24) is 10.2 Å². The molecule has 1 atom stereocenters. The molecule has 0 bridgehead atoms. The first kappa shape index (κ1) is 17.9. The second-order valence-corrected chi connectivity index (χ2v) is 5.85. The van der Waals surface area contributed by atoms with Gasteiger partial charge in [0.1, 0.15) is 0 Å². The number of amides is 2. The molecule has 0 aliphatic carbocycles. The van der Waals surface area contributed by atoms with E-state index in [1.807, 2.05) is 0 Å². The van der Waals surface area contributed by atoms with E-state index in [-0.39, 0.29) is 23.1 Å². The van der Waals surface area contributed by atoms with E-state index in [1.54, 1.807) is 25.1 Å². The molecule has 0 radical (unpaired) electrons. The average Bonchev–Trinajstić information content (AvgIpc) is 2.52. The predicted molar refractivity (Wildman–Crippen MR) is 89.9 cm³/mol. The van der Waals surface area contributed by atoms with Crippen molar-refractivity contribution < 1.29 is 14.3 Å². The molecule has 0 fully saturated rings. The van der Waals surface area contributed by atoms with E-state index in [9.17, 15) is 9.59 Å². The SMILES string of the molecule is CCOC(=O)C1=C(CCl)N(C)C(=O)NC1c1cccc(Cl)c1Cl. The first-order valence-corrected chi connectivity index (χ1v) is 8.15. The third-order valence-electron chi connectivity index (χ3n) is 3.49. The molecule has 1 aromatic rings. The first-order chi connectivity index (χ1) is 10.9. The van der Waals surface area contributed by atoms with Crippen LogP contribution in [0.25, 0.3) is 0 Å². The quantitative estimate of drug-likeness (QED) is 0.642. The summed E-state index contributed by atoms with van der Waals surface area (Å²) in [6.07, 6.45) is 0. The summed E-state index contributed by atoms with van der Waals surface area (Å²) >= 11 is 18.2. The minimum absolute atomic E-state index is 0.0211. The lowest BCUT2D eigenvalue weighted by Gasteiger charge is -2.34. The molecule has 1 unspecified atom stereocenters. The fraction of sp³-hybridized carbons (Fsp3) is 0.333. The van der Waals surface area contributed by atoms with Crippen molar-refractivity contribution in [2.45, 2.75) is 13.0 Å². The van der Waals surface area contributed by atoms with Gasteiger partial charge in [-0.1, -0.05) is 35.3 Å². The van der Waals surface area contributed by atoms with Crippen LogP contribution in [0.2, 0.25) is 10.0 Å². The highest BCUT2D eigenvalue weighted by Crippen LogP contribution is 2.37. The molecule has 23 heavy (non-hydrogen) atoms. The van der Waals surface area contributed by atoms with Crippen LogP contribution in [0.4, 0.5) is 4.79 Å². The highest BCUT2D eigenvalue weighted by atomic mass is 35.5. The number of allylic oxidation sites excluding steroid dienone is 1. The Kier molecular flexibility index (Phi) is 5.79. The maximum Gasteiger partial charge on any atom is 0.338 e. The smallest absolute Gasteiger partial charge is 0.338 e. The molecule has 1 heterocycles. The zero-order valence-electron chi connectivity index (χ0n) is 12.5. The van der Waals surface area contributed by atoms with Crippen LogP contribution in [0.3, 0.4) is 0 Å². The lowest BCUT2D eigenvalue weighted by molar-refractivity contribution is -0.139. The van der Waals surface area contributed by atoms with E-state index in [0.29, 0.717) is 16.3 Å². The van der Waals surface area contributed by atoms with Crippen LogP contribution in [0.1, 0.15) is 18.5 Å². The number of ether oxygens (including phenoxy) is 1. The van der Waals surface area contributed by atoms with E-state index in [4.69, 9.17) is 39.5 Å².